The molecule has 0 aromatic carbocycles. The van der Waals surface area contributed by atoms with E-state index in [1.165, 1.54) is 24.4 Å². The first-order valence-corrected chi connectivity index (χ1v) is 6.42. The topological polar surface area (TPSA) is 50.3 Å². The Bertz CT molecular complexity index is 293. The number of anilines is 1. The third-order valence-electron chi connectivity index (χ3n) is 2.84. The first kappa shape index (κ1) is 11.8. The van der Waals surface area contributed by atoms with Gasteiger partial charge in [0.15, 0.2) is 0 Å². The van der Waals surface area contributed by atoms with Crippen molar-refractivity contribution in [3.63, 3.8) is 0 Å². The van der Waals surface area contributed by atoms with Crippen molar-refractivity contribution in [3.8, 4) is 0 Å². The van der Waals surface area contributed by atoms with Gasteiger partial charge in [-0.05, 0) is 12.8 Å². The standard InChI is InChI=1S/C10H18N4OS/c1-15-6-4-11-7-9-3-2-5-14(9)10-12-8-13-16-10/h8-9,11H,2-7H2,1H3. The van der Waals surface area contributed by atoms with Gasteiger partial charge in [-0.3, -0.25) is 0 Å². The molecule has 1 aromatic rings. The molecule has 1 aliphatic rings. The van der Waals surface area contributed by atoms with E-state index in [1.54, 1.807) is 13.4 Å². The number of hydrogen-bond acceptors (Lipinski definition) is 6. The average molecular weight is 242 g/mol. The van der Waals surface area contributed by atoms with Crippen LogP contribution in [0.25, 0.3) is 0 Å². The number of nitrogens with one attached hydrogen (secondary N) is 1. The Morgan fingerprint density at radius 3 is 3.38 bits per heavy atom. The summed E-state index contributed by atoms with van der Waals surface area (Å²) < 4.78 is 9.07. The van der Waals surface area contributed by atoms with Crippen molar-refractivity contribution in [1.82, 2.24) is 14.7 Å². The molecule has 1 atom stereocenters. The summed E-state index contributed by atoms with van der Waals surface area (Å²) in [5.74, 6) is 0. The maximum Gasteiger partial charge on any atom is 0.205 e. The van der Waals surface area contributed by atoms with Gasteiger partial charge in [-0.15, -0.1) is 0 Å². The molecule has 2 heterocycles. The van der Waals surface area contributed by atoms with Gasteiger partial charge in [0.2, 0.25) is 5.13 Å². The van der Waals surface area contributed by atoms with Crippen molar-refractivity contribution in [3.05, 3.63) is 6.33 Å². The lowest BCUT2D eigenvalue weighted by Gasteiger charge is -2.23. The maximum atomic E-state index is 5.01. The smallest absolute Gasteiger partial charge is 0.205 e. The minimum atomic E-state index is 0.560. The zero-order chi connectivity index (χ0) is 11.2. The number of aromatic nitrogens is 2. The maximum absolute atomic E-state index is 5.01. The molecule has 5 nitrogen and oxygen atoms in total. The molecule has 0 radical (unpaired) electrons. The van der Waals surface area contributed by atoms with Crippen LogP contribution in [0.5, 0.6) is 0 Å². The number of rotatable bonds is 6. The SMILES string of the molecule is COCCNCC1CCCN1c1ncns1. The molecule has 0 amide bonds. The number of hydrogen-bond donors (Lipinski definition) is 1. The lowest BCUT2D eigenvalue weighted by Crippen LogP contribution is -2.38. The normalized spacial score (nSPS) is 20.6. The Morgan fingerprint density at radius 1 is 1.69 bits per heavy atom. The van der Waals surface area contributed by atoms with Crippen molar-refractivity contribution < 1.29 is 4.74 Å². The van der Waals surface area contributed by atoms with Gasteiger partial charge in [0.1, 0.15) is 6.33 Å². The minimum absolute atomic E-state index is 0.560. The molecule has 0 aliphatic carbocycles. The predicted octanol–water partition coefficient (Wildman–Crippen LogP) is 0.743. The first-order chi connectivity index (χ1) is 7.92. The minimum Gasteiger partial charge on any atom is -0.383 e. The molecule has 2 rings (SSSR count). The summed E-state index contributed by atoms with van der Waals surface area (Å²) in [6.07, 6.45) is 4.11. The fraction of sp³-hybridized carbons (Fsp3) is 0.800. The van der Waals surface area contributed by atoms with E-state index in [1.807, 2.05) is 0 Å². The quantitative estimate of drug-likeness (QED) is 0.746. The molecule has 0 spiro atoms. The summed E-state index contributed by atoms with van der Waals surface area (Å²) in [7, 11) is 1.73. The Balaban J connectivity index is 1.80. The van der Waals surface area contributed by atoms with Gasteiger partial charge >= 0.3 is 0 Å². The highest BCUT2D eigenvalue weighted by Crippen LogP contribution is 2.25. The van der Waals surface area contributed by atoms with Crippen molar-refractivity contribution in [2.45, 2.75) is 18.9 Å². The zero-order valence-electron chi connectivity index (χ0n) is 9.56. The van der Waals surface area contributed by atoms with E-state index >= 15 is 0 Å². The van der Waals surface area contributed by atoms with Crippen LogP contribution in [0, 0.1) is 0 Å². The average Bonchev–Trinajstić information content (AvgIpc) is 2.94. The second kappa shape index (κ2) is 6.12. The zero-order valence-corrected chi connectivity index (χ0v) is 10.4. The summed E-state index contributed by atoms with van der Waals surface area (Å²) in [4.78, 5) is 6.63. The highest BCUT2D eigenvalue weighted by atomic mass is 32.1. The molecule has 1 aromatic heterocycles. The van der Waals surface area contributed by atoms with Gasteiger partial charge in [0.25, 0.3) is 0 Å². The molecular weight excluding hydrogens is 224 g/mol. The number of ether oxygens (including phenoxy) is 1. The molecule has 1 saturated heterocycles. The lowest BCUT2D eigenvalue weighted by molar-refractivity contribution is 0.199. The van der Waals surface area contributed by atoms with Crippen LogP contribution in [0.3, 0.4) is 0 Å². The summed E-state index contributed by atoms with van der Waals surface area (Å²) >= 11 is 1.48. The van der Waals surface area contributed by atoms with Crippen LogP contribution in [0.15, 0.2) is 6.33 Å². The fourth-order valence-electron chi connectivity index (χ4n) is 2.04. The summed E-state index contributed by atoms with van der Waals surface area (Å²) in [6.45, 7) is 3.79. The summed E-state index contributed by atoms with van der Waals surface area (Å²) in [5.41, 5.74) is 0. The predicted molar refractivity (Wildman–Crippen MR) is 65.0 cm³/mol. The molecule has 1 fully saturated rings. The van der Waals surface area contributed by atoms with Gasteiger partial charge in [-0.2, -0.15) is 4.37 Å². The van der Waals surface area contributed by atoms with E-state index in [2.05, 4.69) is 19.6 Å². The van der Waals surface area contributed by atoms with Crippen molar-refractivity contribution in [2.24, 2.45) is 0 Å². The van der Waals surface area contributed by atoms with Crippen LogP contribution >= 0.6 is 11.5 Å². The van der Waals surface area contributed by atoms with Crippen LogP contribution in [0.1, 0.15) is 12.8 Å². The molecule has 0 saturated carbocycles. The molecule has 6 heteroatoms. The van der Waals surface area contributed by atoms with Crippen molar-refractivity contribution >= 4 is 16.7 Å². The van der Waals surface area contributed by atoms with Gasteiger partial charge < -0.3 is 15.0 Å². The Morgan fingerprint density at radius 2 is 2.62 bits per heavy atom. The monoisotopic (exact) mass is 242 g/mol. The molecule has 0 bridgehead atoms. The Kier molecular flexibility index (Phi) is 4.50. The molecule has 90 valence electrons. The lowest BCUT2D eigenvalue weighted by atomic mass is 10.2. The number of nitrogens with zero attached hydrogens (tertiary/aromatic N) is 3. The number of methoxy groups -OCH3 is 1. The van der Waals surface area contributed by atoms with E-state index in [0.717, 1.165) is 31.4 Å². The van der Waals surface area contributed by atoms with E-state index in [4.69, 9.17) is 4.74 Å². The third kappa shape index (κ3) is 2.90. The van der Waals surface area contributed by atoms with Crippen LogP contribution in [0.4, 0.5) is 5.13 Å². The van der Waals surface area contributed by atoms with E-state index < -0.39 is 0 Å². The molecule has 1 unspecified atom stereocenters. The van der Waals surface area contributed by atoms with Crippen LogP contribution in [-0.2, 0) is 4.74 Å². The fourth-order valence-corrected chi connectivity index (χ4v) is 2.66. The molecule has 1 aliphatic heterocycles. The Hall–Kier alpha value is -0.720. The summed E-state index contributed by atoms with van der Waals surface area (Å²) in [5, 5.41) is 4.46. The van der Waals surface area contributed by atoms with Gasteiger partial charge in [0.05, 0.1) is 6.61 Å². The highest BCUT2D eigenvalue weighted by Gasteiger charge is 2.25. The van der Waals surface area contributed by atoms with E-state index in [9.17, 15) is 0 Å². The van der Waals surface area contributed by atoms with E-state index in [0.29, 0.717) is 6.04 Å². The van der Waals surface area contributed by atoms with Crippen molar-refractivity contribution in [1.29, 1.82) is 0 Å². The second-order valence-corrected chi connectivity index (χ2v) is 4.67. The second-order valence-electron chi connectivity index (χ2n) is 3.91. The van der Waals surface area contributed by atoms with Crippen LogP contribution < -0.4 is 10.2 Å². The molecular formula is C10H18N4OS. The summed E-state index contributed by atoms with van der Waals surface area (Å²) in [6, 6.07) is 0.560. The van der Waals surface area contributed by atoms with Gasteiger partial charge in [-0.1, -0.05) is 0 Å². The Labute approximate surface area is 100.0 Å². The first-order valence-electron chi connectivity index (χ1n) is 5.65. The van der Waals surface area contributed by atoms with Crippen LogP contribution in [-0.4, -0.2) is 48.8 Å². The van der Waals surface area contributed by atoms with Gasteiger partial charge in [0, 0.05) is 44.3 Å². The largest absolute Gasteiger partial charge is 0.383 e. The van der Waals surface area contributed by atoms with Crippen molar-refractivity contribution in [2.75, 3.05) is 38.3 Å². The molecule has 16 heavy (non-hydrogen) atoms. The van der Waals surface area contributed by atoms with Gasteiger partial charge in [-0.25, -0.2) is 4.98 Å². The van der Waals surface area contributed by atoms with E-state index in [-0.39, 0.29) is 0 Å². The van der Waals surface area contributed by atoms with Crippen LogP contribution in [0.2, 0.25) is 0 Å². The third-order valence-corrected chi connectivity index (χ3v) is 3.54. The molecule has 1 N–H and O–H groups in total. The highest BCUT2D eigenvalue weighted by molar-refractivity contribution is 7.09.